The van der Waals surface area contributed by atoms with Gasteiger partial charge in [-0.3, -0.25) is 14.9 Å². The standard InChI is InChI=1S/C15H19NO6/c1-10(14(18)16-15(19)21-3)22-13(17)9-6-11-4-7-12(20-2)8-5-11/h4-5,7-8,10H,6,9H2,1-3H3,(H,16,18,19)/t10-/m0/s1. The Morgan fingerprint density at radius 2 is 1.77 bits per heavy atom. The van der Waals surface area contributed by atoms with Crippen molar-refractivity contribution in [2.45, 2.75) is 25.9 Å². The van der Waals surface area contributed by atoms with Crippen LogP contribution < -0.4 is 10.1 Å². The molecule has 1 aromatic rings. The topological polar surface area (TPSA) is 90.9 Å². The van der Waals surface area contributed by atoms with Gasteiger partial charge < -0.3 is 14.2 Å². The third kappa shape index (κ3) is 5.82. The first kappa shape index (κ1) is 17.5. The summed E-state index contributed by atoms with van der Waals surface area (Å²) in [5.74, 6) is -0.521. The summed E-state index contributed by atoms with van der Waals surface area (Å²) in [6.45, 7) is 1.38. The average Bonchev–Trinajstić information content (AvgIpc) is 2.53. The van der Waals surface area contributed by atoms with E-state index in [2.05, 4.69) is 4.74 Å². The molecule has 0 aliphatic rings. The SMILES string of the molecule is COC(=O)NC(=O)[C@H](C)OC(=O)CCc1ccc(OC)cc1. The molecular formula is C15H19NO6. The van der Waals surface area contributed by atoms with Gasteiger partial charge in [0.1, 0.15) is 5.75 Å². The van der Waals surface area contributed by atoms with Crippen LogP contribution in [-0.2, 0) is 25.5 Å². The highest BCUT2D eigenvalue weighted by Crippen LogP contribution is 2.13. The Balaban J connectivity index is 2.38. The molecule has 0 aliphatic heterocycles. The molecule has 7 nitrogen and oxygen atoms in total. The minimum atomic E-state index is -1.07. The number of hydrogen-bond donors (Lipinski definition) is 1. The summed E-state index contributed by atoms with van der Waals surface area (Å²) in [6.07, 6.45) is -1.36. The molecule has 0 heterocycles. The van der Waals surface area contributed by atoms with E-state index in [-0.39, 0.29) is 6.42 Å². The molecular weight excluding hydrogens is 290 g/mol. The van der Waals surface area contributed by atoms with Crippen LogP contribution in [0.2, 0.25) is 0 Å². The second-order valence-electron chi connectivity index (χ2n) is 4.46. The molecule has 0 bridgehead atoms. The van der Waals surface area contributed by atoms with Crippen molar-refractivity contribution in [3.63, 3.8) is 0 Å². The molecule has 7 heteroatoms. The number of benzene rings is 1. The van der Waals surface area contributed by atoms with Crippen molar-refractivity contribution in [3.8, 4) is 5.75 Å². The number of carbonyl (C=O) groups excluding carboxylic acids is 3. The first-order valence-electron chi connectivity index (χ1n) is 6.67. The zero-order chi connectivity index (χ0) is 16.5. The third-order valence-corrected chi connectivity index (χ3v) is 2.86. The number of nitrogens with one attached hydrogen (secondary N) is 1. The molecule has 0 aromatic heterocycles. The molecule has 120 valence electrons. The number of amides is 2. The first-order chi connectivity index (χ1) is 10.5. The molecule has 1 N–H and O–H groups in total. The first-order valence-corrected chi connectivity index (χ1v) is 6.67. The lowest BCUT2D eigenvalue weighted by Crippen LogP contribution is -2.39. The molecule has 0 saturated carbocycles. The molecule has 0 radical (unpaired) electrons. The average molecular weight is 309 g/mol. The summed E-state index contributed by atoms with van der Waals surface area (Å²) >= 11 is 0. The zero-order valence-corrected chi connectivity index (χ0v) is 12.8. The molecule has 0 saturated heterocycles. The highest BCUT2D eigenvalue weighted by atomic mass is 16.6. The molecule has 2 amide bonds. The Kier molecular flexibility index (Phi) is 6.88. The van der Waals surface area contributed by atoms with Crippen LogP contribution in [0.3, 0.4) is 0 Å². The van der Waals surface area contributed by atoms with Gasteiger partial charge in [-0.05, 0) is 31.0 Å². The lowest BCUT2D eigenvalue weighted by atomic mass is 10.1. The van der Waals surface area contributed by atoms with Crippen molar-refractivity contribution in [1.82, 2.24) is 5.32 Å². The molecule has 1 rings (SSSR count). The van der Waals surface area contributed by atoms with Crippen LogP contribution in [0.15, 0.2) is 24.3 Å². The number of alkyl carbamates (subject to hydrolysis) is 1. The van der Waals surface area contributed by atoms with Crippen molar-refractivity contribution in [1.29, 1.82) is 0 Å². The van der Waals surface area contributed by atoms with Crippen LogP contribution in [0.4, 0.5) is 4.79 Å². The van der Waals surface area contributed by atoms with E-state index in [1.54, 1.807) is 19.2 Å². The number of esters is 1. The Morgan fingerprint density at radius 1 is 1.14 bits per heavy atom. The van der Waals surface area contributed by atoms with Crippen LogP contribution >= 0.6 is 0 Å². The van der Waals surface area contributed by atoms with Gasteiger partial charge in [0.25, 0.3) is 5.91 Å². The van der Waals surface area contributed by atoms with Gasteiger partial charge in [0.05, 0.1) is 14.2 Å². The maximum absolute atomic E-state index is 11.7. The zero-order valence-electron chi connectivity index (χ0n) is 12.8. The van der Waals surface area contributed by atoms with E-state index in [0.717, 1.165) is 18.4 Å². The van der Waals surface area contributed by atoms with E-state index >= 15 is 0 Å². The van der Waals surface area contributed by atoms with Crippen LogP contribution in [0.25, 0.3) is 0 Å². The van der Waals surface area contributed by atoms with Gasteiger partial charge in [0.15, 0.2) is 6.10 Å². The van der Waals surface area contributed by atoms with Crippen LogP contribution in [0.1, 0.15) is 18.9 Å². The monoisotopic (exact) mass is 309 g/mol. The number of hydrogen-bond acceptors (Lipinski definition) is 6. The van der Waals surface area contributed by atoms with Gasteiger partial charge >= 0.3 is 12.1 Å². The maximum Gasteiger partial charge on any atom is 0.413 e. The number of carbonyl (C=O) groups is 3. The van der Waals surface area contributed by atoms with Crippen molar-refractivity contribution in [2.75, 3.05) is 14.2 Å². The highest BCUT2D eigenvalue weighted by molar-refractivity contribution is 5.94. The van der Waals surface area contributed by atoms with Crippen molar-refractivity contribution < 1.29 is 28.6 Å². The summed E-state index contributed by atoms with van der Waals surface area (Å²) < 4.78 is 14.3. The number of methoxy groups -OCH3 is 2. The van der Waals surface area contributed by atoms with E-state index in [1.165, 1.54) is 6.92 Å². The van der Waals surface area contributed by atoms with Crippen LogP contribution in [-0.4, -0.2) is 38.3 Å². The Morgan fingerprint density at radius 3 is 2.32 bits per heavy atom. The van der Waals surface area contributed by atoms with E-state index in [9.17, 15) is 14.4 Å². The fourth-order valence-electron chi connectivity index (χ4n) is 1.60. The summed E-state index contributed by atoms with van der Waals surface area (Å²) in [6, 6.07) is 7.29. The predicted molar refractivity (Wildman–Crippen MR) is 77.4 cm³/mol. The second-order valence-corrected chi connectivity index (χ2v) is 4.46. The lowest BCUT2D eigenvalue weighted by Gasteiger charge is -2.12. The molecule has 0 aliphatic carbocycles. The van der Waals surface area contributed by atoms with E-state index < -0.39 is 24.1 Å². The molecule has 22 heavy (non-hydrogen) atoms. The van der Waals surface area contributed by atoms with Crippen molar-refractivity contribution in [3.05, 3.63) is 29.8 Å². The normalized spacial score (nSPS) is 11.2. The fourth-order valence-corrected chi connectivity index (χ4v) is 1.60. The third-order valence-electron chi connectivity index (χ3n) is 2.86. The quantitative estimate of drug-likeness (QED) is 0.800. The highest BCUT2D eigenvalue weighted by Gasteiger charge is 2.19. The molecule has 1 atom stereocenters. The van der Waals surface area contributed by atoms with Gasteiger partial charge in [-0.15, -0.1) is 0 Å². The van der Waals surface area contributed by atoms with Crippen LogP contribution in [0.5, 0.6) is 5.75 Å². The maximum atomic E-state index is 11.7. The molecule has 1 aromatic carbocycles. The molecule has 0 spiro atoms. The summed E-state index contributed by atoms with van der Waals surface area (Å²) in [5, 5.41) is 1.93. The predicted octanol–water partition coefficient (Wildman–Crippen LogP) is 1.44. The summed E-state index contributed by atoms with van der Waals surface area (Å²) in [7, 11) is 2.71. The van der Waals surface area contributed by atoms with E-state index in [0.29, 0.717) is 6.42 Å². The van der Waals surface area contributed by atoms with Gasteiger partial charge in [-0.2, -0.15) is 0 Å². The molecule has 0 fully saturated rings. The van der Waals surface area contributed by atoms with Crippen molar-refractivity contribution in [2.24, 2.45) is 0 Å². The summed E-state index contributed by atoms with van der Waals surface area (Å²) in [5.41, 5.74) is 0.949. The van der Waals surface area contributed by atoms with E-state index in [4.69, 9.17) is 9.47 Å². The van der Waals surface area contributed by atoms with Gasteiger partial charge in [0, 0.05) is 6.42 Å². The second kappa shape index (κ2) is 8.66. The van der Waals surface area contributed by atoms with Gasteiger partial charge in [-0.25, -0.2) is 4.79 Å². The number of ether oxygens (including phenoxy) is 3. The lowest BCUT2D eigenvalue weighted by molar-refractivity contribution is -0.154. The summed E-state index contributed by atoms with van der Waals surface area (Å²) in [4.78, 5) is 34.0. The number of imide groups is 1. The Hall–Kier alpha value is -2.57. The van der Waals surface area contributed by atoms with Gasteiger partial charge in [-0.1, -0.05) is 12.1 Å². The van der Waals surface area contributed by atoms with E-state index in [1.807, 2.05) is 17.4 Å². The fraction of sp³-hybridized carbons (Fsp3) is 0.400. The van der Waals surface area contributed by atoms with Crippen LogP contribution in [0, 0.1) is 0 Å². The smallest absolute Gasteiger partial charge is 0.413 e. The Bertz CT molecular complexity index is 525. The minimum absolute atomic E-state index is 0.127. The van der Waals surface area contributed by atoms with Crippen molar-refractivity contribution >= 4 is 18.0 Å². The minimum Gasteiger partial charge on any atom is -0.497 e. The Labute approximate surface area is 128 Å². The largest absolute Gasteiger partial charge is 0.497 e. The number of aryl methyl sites for hydroxylation is 1. The number of rotatable bonds is 6. The molecule has 0 unspecified atom stereocenters. The van der Waals surface area contributed by atoms with Gasteiger partial charge in [0.2, 0.25) is 0 Å².